The fourth-order valence-corrected chi connectivity index (χ4v) is 4.23. The van der Waals surface area contributed by atoms with Crippen molar-refractivity contribution in [2.24, 2.45) is 0 Å². The molecule has 1 aromatic heterocycles. The first kappa shape index (κ1) is 17.7. The van der Waals surface area contributed by atoms with Crippen LogP contribution in [-0.2, 0) is 6.18 Å². The number of benzene rings is 1. The van der Waals surface area contributed by atoms with E-state index in [0.717, 1.165) is 55.2 Å². The number of rotatable bonds is 3. The molecule has 0 radical (unpaired) electrons. The molecule has 1 N–H and O–H groups in total. The van der Waals surface area contributed by atoms with Crippen molar-refractivity contribution in [1.82, 2.24) is 10.2 Å². The lowest BCUT2D eigenvalue weighted by Gasteiger charge is -2.30. The van der Waals surface area contributed by atoms with E-state index in [1.807, 2.05) is 12.1 Å². The molecule has 1 fully saturated rings. The zero-order valence-electron chi connectivity index (χ0n) is 12.9. The molecule has 1 saturated heterocycles. The minimum atomic E-state index is -4.31. The molecule has 7 heteroatoms. The molecular formula is C17H18ClF3N2S. The lowest BCUT2D eigenvalue weighted by atomic mass is 10.0. The van der Waals surface area contributed by atoms with Gasteiger partial charge in [0.25, 0.3) is 0 Å². The largest absolute Gasteiger partial charge is 0.416 e. The third-order valence-corrected chi connectivity index (χ3v) is 5.44. The predicted octanol–water partition coefficient (Wildman–Crippen LogP) is 4.81. The van der Waals surface area contributed by atoms with E-state index < -0.39 is 11.7 Å². The van der Waals surface area contributed by atoms with E-state index in [1.165, 1.54) is 11.3 Å². The Morgan fingerprint density at radius 1 is 1.04 bits per heavy atom. The van der Waals surface area contributed by atoms with Gasteiger partial charge in [-0.1, -0.05) is 23.7 Å². The van der Waals surface area contributed by atoms with E-state index >= 15 is 0 Å². The maximum atomic E-state index is 12.8. The van der Waals surface area contributed by atoms with Crippen molar-refractivity contribution >= 4 is 22.9 Å². The maximum Gasteiger partial charge on any atom is 0.416 e. The Morgan fingerprint density at radius 3 is 2.42 bits per heavy atom. The molecule has 130 valence electrons. The zero-order chi connectivity index (χ0) is 17.2. The second kappa shape index (κ2) is 7.44. The van der Waals surface area contributed by atoms with Crippen LogP contribution >= 0.6 is 22.9 Å². The number of halogens is 4. The molecule has 1 aliphatic heterocycles. The van der Waals surface area contributed by atoms with Crippen LogP contribution in [0, 0.1) is 0 Å². The van der Waals surface area contributed by atoms with Crippen LogP contribution in [0.2, 0.25) is 4.34 Å². The fraction of sp³-hybridized carbons (Fsp3) is 0.412. The zero-order valence-corrected chi connectivity index (χ0v) is 14.5. The van der Waals surface area contributed by atoms with Crippen LogP contribution in [-0.4, -0.2) is 31.1 Å². The van der Waals surface area contributed by atoms with Crippen LogP contribution in [0.5, 0.6) is 0 Å². The molecule has 2 aromatic rings. The monoisotopic (exact) mass is 374 g/mol. The smallest absolute Gasteiger partial charge is 0.315 e. The van der Waals surface area contributed by atoms with Crippen LogP contribution in [0.25, 0.3) is 0 Å². The standard InChI is InChI=1S/C17H18ClF3N2S/c18-15-7-6-14(24-15)16(23-10-1-8-22-9-11-23)12-2-4-13(5-3-12)17(19,20)21/h2-7,16,22H,1,8-11H2. The number of hydrogen-bond donors (Lipinski definition) is 1. The summed E-state index contributed by atoms with van der Waals surface area (Å²) in [5, 5.41) is 3.36. The molecule has 1 atom stereocenters. The molecule has 24 heavy (non-hydrogen) atoms. The van der Waals surface area contributed by atoms with E-state index in [4.69, 9.17) is 11.6 Å². The second-order valence-electron chi connectivity index (χ2n) is 5.80. The van der Waals surface area contributed by atoms with Crippen molar-refractivity contribution in [3.63, 3.8) is 0 Å². The highest BCUT2D eigenvalue weighted by Gasteiger charge is 2.31. The number of alkyl halides is 3. The molecular weight excluding hydrogens is 357 g/mol. The number of nitrogens with zero attached hydrogens (tertiary/aromatic N) is 1. The highest BCUT2D eigenvalue weighted by atomic mass is 35.5. The van der Waals surface area contributed by atoms with E-state index in [2.05, 4.69) is 10.2 Å². The van der Waals surface area contributed by atoms with Crippen molar-refractivity contribution in [3.05, 3.63) is 56.7 Å². The van der Waals surface area contributed by atoms with Crippen LogP contribution < -0.4 is 5.32 Å². The summed E-state index contributed by atoms with van der Waals surface area (Å²) in [6, 6.07) is 9.23. The first-order chi connectivity index (χ1) is 11.4. The van der Waals surface area contributed by atoms with Gasteiger partial charge in [-0.15, -0.1) is 11.3 Å². The first-order valence-electron chi connectivity index (χ1n) is 7.82. The Morgan fingerprint density at radius 2 is 1.79 bits per heavy atom. The molecule has 1 aliphatic rings. The van der Waals surface area contributed by atoms with Crippen molar-refractivity contribution < 1.29 is 13.2 Å². The number of thiophene rings is 1. The van der Waals surface area contributed by atoms with E-state index in [-0.39, 0.29) is 6.04 Å². The molecule has 3 rings (SSSR count). The van der Waals surface area contributed by atoms with Gasteiger partial charge in [0.15, 0.2) is 0 Å². The summed E-state index contributed by atoms with van der Waals surface area (Å²) in [4.78, 5) is 3.37. The van der Waals surface area contributed by atoms with Crippen LogP contribution in [0.3, 0.4) is 0 Å². The maximum absolute atomic E-state index is 12.8. The van der Waals surface area contributed by atoms with Crippen molar-refractivity contribution in [2.75, 3.05) is 26.2 Å². The van der Waals surface area contributed by atoms with Gasteiger partial charge in [-0.3, -0.25) is 4.90 Å². The van der Waals surface area contributed by atoms with E-state index in [9.17, 15) is 13.2 Å². The third-order valence-electron chi connectivity index (χ3n) is 4.16. The van der Waals surface area contributed by atoms with Gasteiger partial charge >= 0.3 is 6.18 Å². The molecule has 0 spiro atoms. The molecule has 2 nitrogen and oxygen atoms in total. The van der Waals surface area contributed by atoms with Gasteiger partial charge in [0, 0.05) is 24.5 Å². The number of nitrogens with one attached hydrogen (secondary N) is 1. The topological polar surface area (TPSA) is 15.3 Å². The quantitative estimate of drug-likeness (QED) is 0.829. The van der Waals surface area contributed by atoms with Gasteiger partial charge in [0.2, 0.25) is 0 Å². The van der Waals surface area contributed by atoms with E-state index in [1.54, 1.807) is 12.1 Å². The molecule has 0 amide bonds. The van der Waals surface area contributed by atoms with Crippen molar-refractivity contribution in [3.8, 4) is 0 Å². The van der Waals surface area contributed by atoms with Gasteiger partial charge in [-0.25, -0.2) is 0 Å². The van der Waals surface area contributed by atoms with Gasteiger partial charge in [-0.2, -0.15) is 13.2 Å². The van der Waals surface area contributed by atoms with Gasteiger partial charge in [-0.05, 0) is 42.8 Å². The summed E-state index contributed by atoms with van der Waals surface area (Å²) >= 11 is 7.57. The Labute approximate surface area is 148 Å². The van der Waals surface area contributed by atoms with Gasteiger partial charge < -0.3 is 5.32 Å². The highest BCUT2D eigenvalue weighted by molar-refractivity contribution is 7.16. The lowest BCUT2D eigenvalue weighted by Crippen LogP contribution is -2.32. The summed E-state index contributed by atoms with van der Waals surface area (Å²) in [7, 11) is 0. The summed E-state index contributed by atoms with van der Waals surface area (Å²) in [5.74, 6) is 0. The molecule has 0 bridgehead atoms. The molecule has 2 heterocycles. The fourth-order valence-electron chi connectivity index (χ4n) is 3.01. The number of hydrogen-bond acceptors (Lipinski definition) is 3. The minimum Gasteiger partial charge on any atom is -0.315 e. The highest BCUT2D eigenvalue weighted by Crippen LogP contribution is 2.37. The van der Waals surface area contributed by atoms with E-state index in [0.29, 0.717) is 4.34 Å². The molecule has 1 aromatic carbocycles. The average Bonchev–Trinajstić information content (AvgIpc) is 2.80. The second-order valence-corrected chi connectivity index (χ2v) is 7.55. The van der Waals surface area contributed by atoms with Gasteiger partial charge in [0.05, 0.1) is 15.9 Å². The average molecular weight is 375 g/mol. The third kappa shape index (κ3) is 4.11. The molecule has 0 aliphatic carbocycles. The summed E-state index contributed by atoms with van der Waals surface area (Å²) in [6.07, 6.45) is -3.30. The first-order valence-corrected chi connectivity index (χ1v) is 9.02. The van der Waals surface area contributed by atoms with Crippen LogP contribution in [0.15, 0.2) is 36.4 Å². The normalized spacial score (nSPS) is 18.3. The Bertz CT molecular complexity index is 661. The SMILES string of the molecule is FC(F)(F)c1ccc(C(c2ccc(Cl)s2)N2CCCNCC2)cc1. The Kier molecular flexibility index (Phi) is 5.49. The summed E-state index contributed by atoms with van der Waals surface area (Å²) in [5.41, 5.74) is 0.246. The Balaban J connectivity index is 1.94. The Hall–Kier alpha value is -1.08. The summed E-state index contributed by atoms with van der Waals surface area (Å²) in [6.45, 7) is 3.58. The lowest BCUT2D eigenvalue weighted by molar-refractivity contribution is -0.137. The van der Waals surface area contributed by atoms with Crippen molar-refractivity contribution in [1.29, 1.82) is 0 Å². The summed E-state index contributed by atoms with van der Waals surface area (Å²) < 4.78 is 39.2. The van der Waals surface area contributed by atoms with Crippen LogP contribution in [0.4, 0.5) is 13.2 Å². The molecule has 0 saturated carbocycles. The van der Waals surface area contributed by atoms with Crippen LogP contribution in [0.1, 0.15) is 28.5 Å². The minimum absolute atomic E-state index is 0.0651. The molecule has 1 unspecified atom stereocenters. The predicted molar refractivity (Wildman–Crippen MR) is 91.7 cm³/mol. The van der Waals surface area contributed by atoms with Gasteiger partial charge in [0.1, 0.15) is 0 Å². The van der Waals surface area contributed by atoms with Crippen molar-refractivity contribution in [2.45, 2.75) is 18.6 Å².